The average molecular weight is 201 g/mol. The molecule has 1 aliphatic rings. The first-order valence-corrected chi connectivity index (χ1v) is 5.26. The van der Waals surface area contributed by atoms with Crippen molar-refractivity contribution < 1.29 is 4.79 Å². The Bertz CT molecular complexity index is 404. The van der Waals surface area contributed by atoms with E-state index in [4.69, 9.17) is 0 Å². The molecule has 0 aromatic carbocycles. The topological polar surface area (TPSA) is 30.0 Å². The van der Waals surface area contributed by atoms with Crippen LogP contribution in [0.1, 0.15) is 32.4 Å². The number of hydrogen-bond acceptors (Lipinski definition) is 2. The fourth-order valence-corrected chi connectivity index (χ4v) is 1.94. The Kier molecular flexibility index (Phi) is 2.43. The van der Waals surface area contributed by atoms with Crippen molar-refractivity contribution in [2.75, 3.05) is 0 Å². The molecule has 0 atom stereocenters. The smallest absolute Gasteiger partial charge is 0.156 e. The standard InChI is InChI=1S/C13H15NO/c1-13(2)7-6-10(15)9-11(13)12-5-3-4-8-14-12/h3-5,8-9H,6-7H2,1-2H3. The van der Waals surface area contributed by atoms with Crippen LogP contribution in [0.3, 0.4) is 0 Å². The van der Waals surface area contributed by atoms with Crippen LogP contribution in [0.25, 0.3) is 5.57 Å². The summed E-state index contributed by atoms with van der Waals surface area (Å²) in [7, 11) is 0. The van der Waals surface area contributed by atoms with Crippen molar-refractivity contribution in [1.29, 1.82) is 0 Å². The van der Waals surface area contributed by atoms with Crippen LogP contribution < -0.4 is 0 Å². The van der Waals surface area contributed by atoms with Crippen LogP contribution in [0.4, 0.5) is 0 Å². The molecule has 0 N–H and O–H groups in total. The Balaban J connectivity index is 2.46. The van der Waals surface area contributed by atoms with Gasteiger partial charge in [0, 0.05) is 12.6 Å². The second kappa shape index (κ2) is 3.61. The predicted molar refractivity (Wildman–Crippen MR) is 60.2 cm³/mol. The summed E-state index contributed by atoms with van der Waals surface area (Å²) in [6, 6.07) is 5.81. The van der Waals surface area contributed by atoms with Gasteiger partial charge in [0.25, 0.3) is 0 Å². The Morgan fingerprint density at radius 1 is 1.33 bits per heavy atom. The SMILES string of the molecule is CC1(C)CCC(=O)C=C1c1ccccn1. The van der Waals surface area contributed by atoms with Gasteiger partial charge in [0.1, 0.15) is 0 Å². The minimum absolute atomic E-state index is 0.0578. The van der Waals surface area contributed by atoms with E-state index in [0.717, 1.165) is 17.7 Å². The van der Waals surface area contributed by atoms with E-state index in [1.54, 1.807) is 12.3 Å². The minimum atomic E-state index is 0.0578. The van der Waals surface area contributed by atoms with E-state index in [1.165, 1.54) is 0 Å². The van der Waals surface area contributed by atoms with Gasteiger partial charge in [-0.1, -0.05) is 19.9 Å². The monoisotopic (exact) mass is 201 g/mol. The van der Waals surface area contributed by atoms with Crippen molar-refractivity contribution >= 4 is 11.4 Å². The molecule has 78 valence electrons. The third kappa shape index (κ3) is 1.99. The summed E-state index contributed by atoms with van der Waals surface area (Å²) in [5.41, 5.74) is 2.05. The summed E-state index contributed by atoms with van der Waals surface area (Å²) >= 11 is 0. The number of rotatable bonds is 1. The Morgan fingerprint density at radius 3 is 2.80 bits per heavy atom. The highest BCUT2D eigenvalue weighted by Gasteiger charge is 2.30. The molecule has 2 rings (SSSR count). The maximum Gasteiger partial charge on any atom is 0.156 e. The van der Waals surface area contributed by atoms with Gasteiger partial charge < -0.3 is 0 Å². The van der Waals surface area contributed by atoms with Crippen molar-refractivity contribution in [3.63, 3.8) is 0 Å². The van der Waals surface area contributed by atoms with Crippen molar-refractivity contribution in [3.05, 3.63) is 36.2 Å². The number of carbonyl (C=O) groups excluding carboxylic acids is 1. The van der Waals surface area contributed by atoms with E-state index in [1.807, 2.05) is 18.2 Å². The average Bonchev–Trinajstić information content (AvgIpc) is 2.23. The van der Waals surface area contributed by atoms with Crippen molar-refractivity contribution in [1.82, 2.24) is 4.98 Å². The number of carbonyl (C=O) groups is 1. The normalized spacial score (nSPS) is 19.9. The van der Waals surface area contributed by atoms with Crippen LogP contribution in [-0.2, 0) is 4.79 Å². The van der Waals surface area contributed by atoms with Gasteiger partial charge in [-0.2, -0.15) is 0 Å². The van der Waals surface area contributed by atoms with Gasteiger partial charge >= 0.3 is 0 Å². The maximum absolute atomic E-state index is 11.4. The first-order valence-electron chi connectivity index (χ1n) is 5.26. The van der Waals surface area contributed by atoms with Crippen molar-refractivity contribution in [3.8, 4) is 0 Å². The molecule has 1 aromatic heterocycles. The molecule has 1 heterocycles. The van der Waals surface area contributed by atoms with Crippen LogP contribution in [0.5, 0.6) is 0 Å². The van der Waals surface area contributed by atoms with Crippen LogP contribution in [0.15, 0.2) is 30.5 Å². The molecular formula is C13H15NO. The zero-order valence-corrected chi connectivity index (χ0v) is 9.16. The molecule has 0 bridgehead atoms. The lowest BCUT2D eigenvalue weighted by Gasteiger charge is -2.30. The molecule has 15 heavy (non-hydrogen) atoms. The van der Waals surface area contributed by atoms with E-state index in [0.29, 0.717) is 6.42 Å². The summed E-state index contributed by atoms with van der Waals surface area (Å²) in [4.78, 5) is 15.7. The van der Waals surface area contributed by atoms with Crippen molar-refractivity contribution in [2.45, 2.75) is 26.7 Å². The third-order valence-corrected chi connectivity index (χ3v) is 2.97. The van der Waals surface area contributed by atoms with E-state index < -0.39 is 0 Å². The van der Waals surface area contributed by atoms with Crippen LogP contribution in [0.2, 0.25) is 0 Å². The second-order valence-corrected chi connectivity index (χ2v) is 4.62. The van der Waals surface area contributed by atoms with E-state index >= 15 is 0 Å². The molecule has 2 heteroatoms. The Morgan fingerprint density at radius 2 is 2.13 bits per heavy atom. The van der Waals surface area contributed by atoms with E-state index in [-0.39, 0.29) is 11.2 Å². The fraction of sp³-hybridized carbons (Fsp3) is 0.385. The van der Waals surface area contributed by atoms with Crippen LogP contribution in [-0.4, -0.2) is 10.8 Å². The lowest BCUT2D eigenvalue weighted by atomic mass is 9.74. The van der Waals surface area contributed by atoms with Gasteiger partial charge in [0.2, 0.25) is 0 Å². The third-order valence-electron chi connectivity index (χ3n) is 2.97. The molecule has 0 radical (unpaired) electrons. The zero-order valence-electron chi connectivity index (χ0n) is 9.16. The second-order valence-electron chi connectivity index (χ2n) is 4.62. The summed E-state index contributed by atoms with van der Waals surface area (Å²) in [5.74, 6) is 0.218. The summed E-state index contributed by atoms with van der Waals surface area (Å²) in [6.07, 6.45) is 5.09. The van der Waals surface area contributed by atoms with E-state index in [9.17, 15) is 4.79 Å². The number of nitrogens with zero attached hydrogens (tertiary/aromatic N) is 1. The van der Waals surface area contributed by atoms with Crippen LogP contribution >= 0.6 is 0 Å². The molecule has 0 saturated heterocycles. The van der Waals surface area contributed by atoms with Gasteiger partial charge in [-0.15, -0.1) is 0 Å². The van der Waals surface area contributed by atoms with E-state index in [2.05, 4.69) is 18.8 Å². The molecule has 0 saturated carbocycles. The molecule has 0 fully saturated rings. The van der Waals surface area contributed by atoms with Gasteiger partial charge in [-0.3, -0.25) is 9.78 Å². The van der Waals surface area contributed by atoms with Gasteiger partial charge in [-0.05, 0) is 35.6 Å². The van der Waals surface area contributed by atoms with Crippen LogP contribution in [0, 0.1) is 5.41 Å². The predicted octanol–water partition coefficient (Wildman–Crippen LogP) is 2.85. The molecule has 1 aliphatic carbocycles. The van der Waals surface area contributed by atoms with Crippen molar-refractivity contribution in [2.24, 2.45) is 5.41 Å². The first kappa shape index (κ1) is 10.1. The number of aromatic nitrogens is 1. The zero-order chi connectivity index (χ0) is 10.9. The Labute approximate surface area is 90.0 Å². The summed E-state index contributed by atoms with van der Waals surface area (Å²) in [5, 5.41) is 0. The molecule has 0 amide bonds. The first-order chi connectivity index (χ1) is 7.09. The largest absolute Gasteiger partial charge is 0.295 e. The lowest BCUT2D eigenvalue weighted by molar-refractivity contribution is -0.115. The lowest BCUT2D eigenvalue weighted by Crippen LogP contribution is -2.21. The Hall–Kier alpha value is -1.44. The van der Waals surface area contributed by atoms with Gasteiger partial charge in [-0.25, -0.2) is 0 Å². The highest BCUT2D eigenvalue weighted by Crippen LogP contribution is 2.40. The fourth-order valence-electron chi connectivity index (χ4n) is 1.94. The highest BCUT2D eigenvalue weighted by atomic mass is 16.1. The number of allylic oxidation sites excluding steroid dienone is 2. The molecular weight excluding hydrogens is 186 g/mol. The summed E-state index contributed by atoms with van der Waals surface area (Å²) in [6.45, 7) is 4.33. The number of ketones is 1. The number of hydrogen-bond donors (Lipinski definition) is 0. The maximum atomic E-state index is 11.4. The molecule has 1 aromatic rings. The number of pyridine rings is 1. The van der Waals surface area contributed by atoms with Gasteiger partial charge in [0.05, 0.1) is 5.69 Å². The molecule has 0 unspecified atom stereocenters. The quantitative estimate of drug-likeness (QED) is 0.699. The molecule has 0 spiro atoms. The highest BCUT2D eigenvalue weighted by molar-refractivity contribution is 5.99. The summed E-state index contributed by atoms with van der Waals surface area (Å²) < 4.78 is 0. The molecule has 0 aliphatic heterocycles. The van der Waals surface area contributed by atoms with Gasteiger partial charge in [0.15, 0.2) is 5.78 Å². The minimum Gasteiger partial charge on any atom is -0.295 e. The molecule has 2 nitrogen and oxygen atoms in total.